The van der Waals surface area contributed by atoms with Crippen molar-refractivity contribution in [3.63, 3.8) is 0 Å². The topological polar surface area (TPSA) is 84.2 Å². The largest absolute Gasteiger partial charge is 0.359 e. The van der Waals surface area contributed by atoms with Crippen molar-refractivity contribution in [2.45, 2.75) is 32.2 Å². The Balaban J connectivity index is 2.42. The fourth-order valence-electron chi connectivity index (χ4n) is 1.26. The highest BCUT2D eigenvalue weighted by Gasteiger charge is 2.46. The van der Waals surface area contributed by atoms with Crippen LogP contribution in [0.2, 0.25) is 0 Å². The van der Waals surface area contributed by atoms with Gasteiger partial charge in [0.15, 0.2) is 0 Å². The molecule has 1 aliphatic carbocycles. The molecule has 5 nitrogen and oxygen atoms in total. The van der Waals surface area contributed by atoms with E-state index in [0.717, 1.165) is 12.8 Å². The monoisotopic (exact) mass is 213 g/mol. The maximum Gasteiger partial charge on any atom is 0.240 e. The van der Waals surface area contributed by atoms with E-state index < -0.39 is 11.0 Å². The van der Waals surface area contributed by atoms with E-state index in [2.05, 4.69) is 10.6 Å². The minimum Gasteiger partial charge on any atom is -0.359 e. The van der Waals surface area contributed by atoms with Gasteiger partial charge in [0.1, 0.15) is 0 Å². The summed E-state index contributed by atoms with van der Waals surface area (Å²) < 4.78 is 0. The molecule has 0 atom stereocenters. The third-order valence-electron chi connectivity index (χ3n) is 2.77. The zero-order valence-electron chi connectivity index (χ0n) is 9.52. The Morgan fingerprint density at radius 1 is 1.40 bits per heavy atom. The summed E-state index contributed by atoms with van der Waals surface area (Å²) in [7, 11) is 1.58. The van der Waals surface area contributed by atoms with Gasteiger partial charge in [-0.3, -0.25) is 9.59 Å². The molecule has 0 heterocycles. The molecule has 1 saturated carbocycles. The number of rotatable bonds is 4. The molecule has 0 aromatic rings. The first-order chi connectivity index (χ1) is 6.82. The average molecular weight is 213 g/mol. The second-order valence-electron chi connectivity index (χ2n) is 4.80. The van der Waals surface area contributed by atoms with Gasteiger partial charge < -0.3 is 16.4 Å². The van der Waals surface area contributed by atoms with Crippen molar-refractivity contribution in [1.29, 1.82) is 0 Å². The van der Waals surface area contributed by atoms with Crippen LogP contribution in [0.1, 0.15) is 26.7 Å². The summed E-state index contributed by atoms with van der Waals surface area (Å²) in [5.41, 5.74) is 4.45. The zero-order chi connectivity index (χ0) is 11.7. The van der Waals surface area contributed by atoms with Gasteiger partial charge in [0, 0.05) is 13.6 Å². The van der Waals surface area contributed by atoms with Gasteiger partial charge in [0.05, 0.1) is 11.0 Å². The SMILES string of the molecule is CNC(=O)C(C)(C)CNC(=O)C1(N)CC1. The molecule has 4 N–H and O–H groups in total. The van der Waals surface area contributed by atoms with E-state index >= 15 is 0 Å². The van der Waals surface area contributed by atoms with Crippen molar-refractivity contribution in [3.05, 3.63) is 0 Å². The molecule has 15 heavy (non-hydrogen) atoms. The first-order valence-corrected chi connectivity index (χ1v) is 5.11. The van der Waals surface area contributed by atoms with E-state index in [1.165, 1.54) is 0 Å². The van der Waals surface area contributed by atoms with Crippen LogP contribution in [-0.2, 0) is 9.59 Å². The molecule has 0 radical (unpaired) electrons. The summed E-state index contributed by atoms with van der Waals surface area (Å²) >= 11 is 0. The summed E-state index contributed by atoms with van der Waals surface area (Å²) in [5, 5.41) is 5.28. The van der Waals surface area contributed by atoms with Crippen molar-refractivity contribution >= 4 is 11.8 Å². The molecule has 86 valence electrons. The van der Waals surface area contributed by atoms with E-state index in [4.69, 9.17) is 5.73 Å². The number of carbonyl (C=O) groups excluding carboxylic acids is 2. The number of amides is 2. The highest BCUT2D eigenvalue weighted by molar-refractivity contribution is 5.90. The first kappa shape index (κ1) is 12.0. The van der Waals surface area contributed by atoms with Gasteiger partial charge in [-0.15, -0.1) is 0 Å². The van der Waals surface area contributed by atoms with Crippen LogP contribution in [0.3, 0.4) is 0 Å². The zero-order valence-corrected chi connectivity index (χ0v) is 9.52. The van der Waals surface area contributed by atoms with Gasteiger partial charge >= 0.3 is 0 Å². The third-order valence-corrected chi connectivity index (χ3v) is 2.77. The number of hydrogen-bond acceptors (Lipinski definition) is 3. The van der Waals surface area contributed by atoms with Crippen LogP contribution < -0.4 is 16.4 Å². The molecule has 0 saturated heterocycles. The summed E-state index contributed by atoms with van der Waals surface area (Å²) in [4.78, 5) is 22.9. The predicted molar refractivity (Wildman–Crippen MR) is 57.0 cm³/mol. The molecule has 0 spiro atoms. The number of nitrogens with one attached hydrogen (secondary N) is 2. The second kappa shape index (κ2) is 3.81. The van der Waals surface area contributed by atoms with Crippen molar-refractivity contribution in [3.8, 4) is 0 Å². The maximum absolute atomic E-state index is 11.5. The van der Waals surface area contributed by atoms with Gasteiger partial charge in [-0.1, -0.05) is 0 Å². The fourth-order valence-corrected chi connectivity index (χ4v) is 1.26. The Morgan fingerprint density at radius 2 is 1.93 bits per heavy atom. The molecule has 0 aromatic carbocycles. The summed E-state index contributed by atoms with van der Waals surface area (Å²) in [6, 6.07) is 0. The summed E-state index contributed by atoms with van der Waals surface area (Å²) in [6.07, 6.45) is 1.47. The summed E-state index contributed by atoms with van der Waals surface area (Å²) in [5.74, 6) is -0.246. The normalized spacial score (nSPS) is 18.1. The minimum atomic E-state index is -0.668. The first-order valence-electron chi connectivity index (χ1n) is 5.11. The molecule has 0 aliphatic heterocycles. The molecule has 0 unspecified atom stereocenters. The van der Waals surface area contributed by atoms with E-state index in [1.54, 1.807) is 20.9 Å². The van der Waals surface area contributed by atoms with Gasteiger partial charge in [-0.2, -0.15) is 0 Å². The third kappa shape index (κ3) is 2.68. The summed E-state index contributed by atoms with van der Waals surface area (Å²) in [6.45, 7) is 3.87. The molecule has 2 amide bonds. The Morgan fingerprint density at radius 3 is 2.33 bits per heavy atom. The van der Waals surface area contributed by atoms with E-state index in [-0.39, 0.29) is 11.8 Å². The van der Waals surface area contributed by atoms with Gasteiger partial charge in [0.2, 0.25) is 11.8 Å². The number of carbonyl (C=O) groups is 2. The highest BCUT2D eigenvalue weighted by atomic mass is 16.2. The lowest BCUT2D eigenvalue weighted by Gasteiger charge is -2.23. The molecular formula is C10H19N3O2. The number of nitrogens with two attached hydrogens (primary N) is 1. The predicted octanol–water partition coefficient (Wildman–Crippen LogP) is -0.634. The Kier molecular flexibility index (Phi) is 3.04. The van der Waals surface area contributed by atoms with E-state index in [9.17, 15) is 9.59 Å². The van der Waals surface area contributed by atoms with Crippen LogP contribution >= 0.6 is 0 Å². The lowest BCUT2D eigenvalue weighted by Crippen LogP contribution is -2.49. The van der Waals surface area contributed by atoms with Crippen molar-refractivity contribution < 1.29 is 9.59 Å². The quantitative estimate of drug-likeness (QED) is 0.581. The van der Waals surface area contributed by atoms with Gasteiger partial charge in [-0.05, 0) is 26.7 Å². The number of hydrogen-bond donors (Lipinski definition) is 3. The lowest BCUT2D eigenvalue weighted by atomic mass is 9.92. The van der Waals surface area contributed by atoms with Crippen molar-refractivity contribution in [2.24, 2.45) is 11.1 Å². The Labute approximate surface area is 89.8 Å². The molecule has 0 bridgehead atoms. The molecule has 1 rings (SSSR count). The van der Waals surface area contributed by atoms with Crippen LogP contribution in [0.5, 0.6) is 0 Å². The molecule has 0 aromatic heterocycles. The van der Waals surface area contributed by atoms with Crippen LogP contribution in [0.15, 0.2) is 0 Å². The average Bonchev–Trinajstić information content (AvgIpc) is 2.93. The van der Waals surface area contributed by atoms with Crippen molar-refractivity contribution in [2.75, 3.05) is 13.6 Å². The maximum atomic E-state index is 11.5. The van der Waals surface area contributed by atoms with Crippen LogP contribution in [-0.4, -0.2) is 30.9 Å². The van der Waals surface area contributed by atoms with E-state index in [0.29, 0.717) is 6.54 Å². The van der Waals surface area contributed by atoms with Crippen LogP contribution in [0.4, 0.5) is 0 Å². The van der Waals surface area contributed by atoms with Gasteiger partial charge in [0.25, 0.3) is 0 Å². The Hall–Kier alpha value is -1.10. The van der Waals surface area contributed by atoms with Crippen LogP contribution in [0.25, 0.3) is 0 Å². The second-order valence-corrected chi connectivity index (χ2v) is 4.80. The highest BCUT2D eigenvalue weighted by Crippen LogP contribution is 2.32. The van der Waals surface area contributed by atoms with Crippen molar-refractivity contribution in [1.82, 2.24) is 10.6 Å². The fraction of sp³-hybridized carbons (Fsp3) is 0.800. The minimum absolute atomic E-state index is 0.0929. The molecule has 1 aliphatic rings. The van der Waals surface area contributed by atoms with E-state index in [1.807, 2.05) is 0 Å². The lowest BCUT2D eigenvalue weighted by molar-refractivity contribution is -0.129. The molecular weight excluding hydrogens is 194 g/mol. The standard InChI is InChI=1S/C10H19N3O2/c1-9(2,7(14)12-3)6-13-8(15)10(11)4-5-10/h4-6,11H2,1-3H3,(H,12,14)(H,13,15). The molecule has 1 fully saturated rings. The van der Waals surface area contributed by atoms with Crippen LogP contribution in [0, 0.1) is 5.41 Å². The molecule has 5 heteroatoms. The Bertz CT molecular complexity index is 282. The smallest absolute Gasteiger partial charge is 0.240 e. The van der Waals surface area contributed by atoms with Gasteiger partial charge in [-0.25, -0.2) is 0 Å².